The van der Waals surface area contributed by atoms with Gasteiger partial charge in [-0.05, 0) is 55.4 Å². The van der Waals surface area contributed by atoms with Gasteiger partial charge in [-0.2, -0.15) is 0 Å². The average Bonchev–Trinajstić information content (AvgIpc) is 2.77. The van der Waals surface area contributed by atoms with E-state index in [1.165, 1.54) is 0 Å². The third-order valence-corrected chi connectivity index (χ3v) is 7.54. The first-order valence-electron chi connectivity index (χ1n) is 8.74. The minimum Gasteiger partial charge on any atom is -0.389 e. The van der Waals surface area contributed by atoms with Crippen LogP contribution in [-0.2, 0) is 4.79 Å². The molecule has 22 heavy (non-hydrogen) atoms. The van der Waals surface area contributed by atoms with Crippen molar-refractivity contribution in [1.29, 1.82) is 0 Å². The lowest BCUT2D eigenvalue weighted by Gasteiger charge is -2.55. The molecular weight excluding hydrogens is 274 g/mol. The second-order valence-electron chi connectivity index (χ2n) is 8.45. The van der Waals surface area contributed by atoms with Gasteiger partial charge < -0.3 is 10.8 Å². The maximum Gasteiger partial charge on any atom is 0.159 e. The van der Waals surface area contributed by atoms with Gasteiger partial charge in [0.1, 0.15) is 0 Å². The molecule has 0 bridgehead atoms. The maximum absolute atomic E-state index is 12.9. The Hall–Kier alpha value is -0.930. The highest BCUT2D eigenvalue weighted by Crippen LogP contribution is 2.62. The molecule has 0 spiro atoms. The van der Waals surface area contributed by atoms with Crippen LogP contribution in [0.3, 0.4) is 0 Å². The molecular formula is C19H27NO2. The van der Waals surface area contributed by atoms with E-state index in [0.29, 0.717) is 24.0 Å². The van der Waals surface area contributed by atoms with Crippen LogP contribution in [0.15, 0.2) is 23.8 Å². The van der Waals surface area contributed by atoms with Crippen LogP contribution >= 0.6 is 0 Å². The van der Waals surface area contributed by atoms with Gasteiger partial charge in [-0.25, -0.2) is 0 Å². The summed E-state index contributed by atoms with van der Waals surface area (Å²) in [6, 6.07) is 0.244. The van der Waals surface area contributed by atoms with E-state index in [0.717, 1.165) is 31.3 Å². The van der Waals surface area contributed by atoms with E-state index in [1.54, 1.807) is 0 Å². The van der Waals surface area contributed by atoms with Crippen molar-refractivity contribution in [3.8, 4) is 0 Å². The number of carbonyl (C=O) groups excluding carboxylic acids is 1. The summed E-state index contributed by atoms with van der Waals surface area (Å²) in [6.45, 7) is 4.57. The molecule has 0 radical (unpaired) electrons. The quantitative estimate of drug-likeness (QED) is 0.676. The van der Waals surface area contributed by atoms with Crippen LogP contribution in [0.5, 0.6) is 0 Å². The minimum absolute atomic E-state index is 0.0498. The highest BCUT2D eigenvalue weighted by atomic mass is 16.3. The first kappa shape index (κ1) is 14.6. The standard InChI is InChI=1S/C19H27NO2/c1-18-7-5-12(21)9-11(18)10-15(22)17-13-3-4-16(20)19(13,2)8-6-14(17)18/h5,7,10,12-14,16-17,21H,3-4,6,8-9,20H2,1-2H3/t12?,13-,14+,16?,17?,18-,19-/m0/s1. The van der Waals surface area contributed by atoms with Gasteiger partial charge in [0.25, 0.3) is 0 Å². The number of rotatable bonds is 0. The van der Waals surface area contributed by atoms with E-state index in [1.807, 2.05) is 12.2 Å². The highest BCUT2D eigenvalue weighted by molar-refractivity contribution is 5.94. The summed E-state index contributed by atoms with van der Waals surface area (Å²) in [5.74, 6) is 1.24. The number of allylic oxidation sites excluding steroid dienone is 2. The van der Waals surface area contributed by atoms with E-state index in [9.17, 15) is 9.90 Å². The molecule has 3 unspecified atom stereocenters. The normalized spacial score (nSPS) is 53.5. The Bertz CT molecular complexity index is 580. The van der Waals surface area contributed by atoms with Crippen LogP contribution in [0.2, 0.25) is 0 Å². The topological polar surface area (TPSA) is 63.3 Å². The second kappa shape index (κ2) is 4.55. The van der Waals surface area contributed by atoms with E-state index in [4.69, 9.17) is 5.73 Å². The molecule has 4 rings (SSSR count). The lowest BCUT2D eigenvalue weighted by atomic mass is 9.48. The van der Waals surface area contributed by atoms with E-state index >= 15 is 0 Å². The molecule has 0 amide bonds. The molecule has 0 aromatic heterocycles. The average molecular weight is 301 g/mol. The summed E-state index contributed by atoms with van der Waals surface area (Å²) in [7, 11) is 0. The molecule has 2 fully saturated rings. The zero-order chi connectivity index (χ0) is 15.7. The third kappa shape index (κ3) is 1.73. The Kier molecular flexibility index (Phi) is 3.03. The predicted octanol–water partition coefficient (Wildman–Crippen LogP) is 2.59. The Morgan fingerprint density at radius 3 is 2.77 bits per heavy atom. The third-order valence-electron chi connectivity index (χ3n) is 7.54. The number of fused-ring (bicyclic) bond motifs is 5. The van der Waals surface area contributed by atoms with Gasteiger partial charge in [0.15, 0.2) is 5.78 Å². The Balaban J connectivity index is 1.78. The van der Waals surface area contributed by atoms with Crippen LogP contribution in [0, 0.1) is 28.6 Å². The predicted molar refractivity (Wildman–Crippen MR) is 86.0 cm³/mol. The Morgan fingerprint density at radius 1 is 1.23 bits per heavy atom. The second-order valence-corrected chi connectivity index (χ2v) is 8.45. The zero-order valence-electron chi connectivity index (χ0n) is 13.6. The van der Waals surface area contributed by atoms with Crippen molar-refractivity contribution in [2.45, 2.75) is 58.1 Å². The smallest absolute Gasteiger partial charge is 0.159 e. The number of aliphatic hydroxyl groups excluding tert-OH is 1. The van der Waals surface area contributed by atoms with Gasteiger partial charge in [0.05, 0.1) is 6.10 Å². The van der Waals surface area contributed by atoms with E-state index < -0.39 is 6.10 Å². The summed E-state index contributed by atoms with van der Waals surface area (Å²) in [5, 5.41) is 9.92. The Labute approximate surface area is 132 Å². The maximum atomic E-state index is 12.9. The van der Waals surface area contributed by atoms with Crippen LogP contribution in [0.1, 0.15) is 46.0 Å². The molecule has 0 heterocycles. The van der Waals surface area contributed by atoms with Crippen LogP contribution in [0.4, 0.5) is 0 Å². The fraction of sp³-hybridized carbons (Fsp3) is 0.737. The molecule has 0 aliphatic heterocycles. The number of hydrogen-bond donors (Lipinski definition) is 2. The van der Waals surface area contributed by atoms with Crippen molar-refractivity contribution in [3.05, 3.63) is 23.8 Å². The lowest BCUT2D eigenvalue weighted by Crippen LogP contribution is -2.54. The fourth-order valence-electron chi connectivity index (χ4n) is 6.03. The van der Waals surface area contributed by atoms with Crippen molar-refractivity contribution in [2.75, 3.05) is 0 Å². The molecule has 3 nitrogen and oxygen atoms in total. The molecule has 0 aromatic rings. The van der Waals surface area contributed by atoms with Crippen molar-refractivity contribution < 1.29 is 9.90 Å². The van der Waals surface area contributed by atoms with E-state index in [2.05, 4.69) is 19.9 Å². The first-order valence-corrected chi connectivity index (χ1v) is 8.74. The molecule has 4 aliphatic rings. The molecule has 120 valence electrons. The van der Waals surface area contributed by atoms with Gasteiger partial charge in [0.2, 0.25) is 0 Å². The highest BCUT2D eigenvalue weighted by Gasteiger charge is 2.59. The summed E-state index contributed by atoms with van der Waals surface area (Å²) in [6.07, 6.45) is 10.5. The number of ketones is 1. The molecule has 0 aromatic carbocycles. The number of aliphatic hydroxyl groups is 1. The van der Waals surface area contributed by atoms with Crippen LogP contribution < -0.4 is 5.73 Å². The van der Waals surface area contributed by atoms with Crippen LogP contribution in [0.25, 0.3) is 0 Å². The van der Waals surface area contributed by atoms with Gasteiger partial charge in [0, 0.05) is 17.4 Å². The SMILES string of the molecule is C[C@]12C=CC(O)CC1=CC(=O)C1[C@H]2CC[C@]2(C)C(N)CC[C@@H]12. The zero-order valence-corrected chi connectivity index (χ0v) is 13.6. The number of hydrogen-bond acceptors (Lipinski definition) is 3. The molecule has 4 aliphatic carbocycles. The minimum atomic E-state index is -0.433. The van der Waals surface area contributed by atoms with Crippen molar-refractivity contribution in [3.63, 3.8) is 0 Å². The monoisotopic (exact) mass is 301 g/mol. The summed E-state index contributed by atoms with van der Waals surface area (Å²) < 4.78 is 0. The summed E-state index contributed by atoms with van der Waals surface area (Å²) >= 11 is 0. The van der Waals surface area contributed by atoms with Gasteiger partial charge >= 0.3 is 0 Å². The number of carbonyl (C=O) groups is 1. The largest absolute Gasteiger partial charge is 0.389 e. The van der Waals surface area contributed by atoms with Crippen LogP contribution in [-0.4, -0.2) is 23.0 Å². The van der Waals surface area contributed by atoms with Crippen molar-refractivity contribution in [1.82, 2.24) is 0 Å². The summed E-state index contributed by atoms with van der Waals surface area (Å²) in [4.78, 5) is 12.9. The molecule has 3 heteroatoms. The van der Waals surface area contributed by atoms with Gasteiger partial charge in [-0.1, -0.05) is 31.6 Å². The van der Waals surface area contributed by atoms with Gasteiger partial charge in [-0.15, -0.1) is 0 Å². The lowest BCUT2D eigenvalue weighted by molar-refractivity contribution is -0.130. The fourth-order valence-corrected chi connectivity index (χ4v) is 6.03. The van der Waals surface area contributed by atoms with Gasteiger partial charge in [-0.3, -0.25) is 4.79 Å². The Morgan fingerprint density at radius 2 is 2.00 bits per heavy atom. The molecule has 0 saturated heterocycles. The first-order chi connectivity index (χ1) is 10.4. The molecule has 7 atom stereocenters. The molecule has 2 saturated carbocycles. The van der Waals surface area contributed by atoms with Crippen molar-refractivity contribution >= 4 is 5.78 Å². The number of nitrogens with two attached hydrogens (primary N) is 1. The van der Waals surface area contributed by atoms with Crippen molar-refractivity contribution in [2.24, 2.45) is 34.3 Å². The molecule has 3 N–H and O–H groups in total. The summed E-state index contributed by atoms with van der Waals surface area (Å²) in [5.41, 5.74) is 7.62. The van der Waals surface area contributed by atoms with E-state index in [-0.39, 0.29) is 22.8 Å².